The third-order valence-corrected chi connectivity index (χ3v) is 3.21. The molecule has 1 fully saturated rings. The molecule has 1 amide bonds. The standard InChI is InChI=1S/C11H23N3O2.2ClH/c1-13(2)9-5-4-6-14(8-9)11(15)10(7-12)16-3;;/h9-10H,4-8,12H2,1-3H3;2*1H. The summed E-state index contributed by atoms with van der Waals surface area (Å²) in [7, 11) is 5.63. The molecular weight excluding hydrogens is 277 g/mol. The molecule has 1 heterocycles. The minimum atomic E-state index is -0.485. The van der Waals surface area contributed by atoms with Gasteiger partial charge in [0.1, 0.15) is 6.10 Å². The van der Waals surface area contributed by atoms with Crippen molar-refractivity contribution in [2.24, 2.45) is 5.73 Å². The van der Waals surface area contributed by atoms with Crippen LogP contribution < -0.4 is 5.73 Å². The summed E-state index contributed by atoms with van der Waals surface area (Å²) < 4.78 is 5.08. The van der Waals surface area contributed by atoms with E-state index in [0.29, 0.717) is 6.04 Å². The average Bonchev–Trinajstić information content (AvgIpc) is 2.30. The number of hydrogen-bond donors (Lipinski definition) is 1. The van der Waals surface area contributed by atoms with Crippen LogP contribution in [-0.2, 0) is 9.53 Å². The van der Waals surface area contributed by atoms with Gasteiger partial charge in [0, 0.05) is 32.8 Å². The summed E-state index contributed by atoms with van der Waals surface area (Å²) in [4.78, 5) is 16.1. The molecule has 0 aromatic rings. The molecule has 0 aliphatic carbocycles. The lowest BCUT2D eigenvalue weighted by molar-refractivity contribution is -0.143. The first-order chi connectivity index (χ1) is 7.60. The molecule has 110 valence electrons. The fourth-order valence-corrected chi connectivity index (χ4v) is 2.08. The molecule has 2 N–H and O–H groups in total. The Morgan fingerprint density at radius 3 is 2.56 bits per heavy atom. The van der Waals surface area contributed by atoms with Crippen molar-refractivity contribution in [3.05, 3.63) is 0 Å². The lowest BCUT2D eigenvalue weighted by atomic mass is 10.0. The van der Waals surface area contributed by atoms with Crippen molar-refractivity contribution in [1.29, 1.82) is 0 Å². The van der Waals surface area contributed by atoms with Gasteiger partial charge in [0.2, 0.25) is 0 Å². The van der Waals surface area contributed by atoms with E-state index in [0.717, 1.165) is 25.9 Å². The summed E-state index contributed by atoms with van der Waals surface area (Å²) in [6.45, 7) is 1.85. The number of amides is 1. The number of hydrogen-bond acceptors (Lipinski definition) is 4. The van der Waals surface area contributed by atoms with Gasteiger partial charge in [-0.25, -0.2) is 0 Å². The lowest BCUT2D eigenvalue weighted by Gasteiger charge is -2.37. The molecule has 1 aliphatic rings. The van der Waals surface area contributed by atoms with Crippen LogP contribution in [0.25, 0.3) is 0 Å². The maximum atomic E-state index is 12.0. The van der Waals surface area contributed by atoms with Crippen molar-refractivity contribution < 1.29 is 9.53 Å². The summed E-state index contributed by atoms with van der Waals surface area (Å²) in [5.74, 6) is 0.0246. The summed E-state index contributed by atoms with van der Waals surface area (Å²) in [5, 5.41) is 0. The summed E-state index contributed by atoms with van der Waals surface area (Å²) >= 11 is 0. The third kappa shape index (κ3) is 5.28. The van der Waals surface area contributed by atoms with Gasteiger partial charge in [-0.2, -0.15) is 0 Å². The molecular formula is C11H25Cl2N3O2. The third-order valence-electron chi connectivity index (χ3n) is 3.21. The van der Waals surface area contributed by atoms with Gasteiger partial charge in [0.25, 0.3) is 5.91 Å². The Labute approximate surface area is 122 Å². The molecule has 2 unspecified atom stereocenters. The molecule has 7 heteroatoms. The van der Waals surface area contributed by atoms with E-state index < -0.39 is 6.10 Å². The van der Waals surface area contributed by atoms with E-state index in [-0.39, 0.29) is 37.3 Å². The Morgan fingerprint density at radius 1 is 1.50 bits per heavy atom. The van der Waals surface area contributed by atoms with E-state index in [1.54, 1.807) is 0 Å². The molecule has 2 atom stereocenters. The Hall–Kier alpha value is -0.0700. The van der Waals surface area contributed by atoms with Crippen LogP contribution in [0.5, 0.6) is 0 Å². The van der Waals surface area contributed by atoms with Gasteiger partial charge in [0.05, 0.1) is 0 Å². The number of piperidine rings is 1. The van der Waals surface area contributed by atoms with E-state index in [4.69, 9.17) is 10.5 Å². The number of ether oxygens (including phenoxy) is 1. The second-order valence-electron chi connectivity index (χ2n) is 4.50. The molecule has 0 aromatic carbocycles. The molecule has 0 radical (unpaired) electrons. The minimum Gasteiger partial charge on any atom is -0.370 e. The van der Waals surface area contributed by atoms with Crippen LogP contribution in [0, 0.1) is 0 Å². The summed E-state index contributed by atoms with van der Waals surface area (Å²) in [6, 6.07) is 0.452. The smallest absolute Gasteiger partial charge is 0.253 e. The number of halogens is 2. The van der Waals surface area contributed by atoms with E-state index in [2.05, 4.69) is 19.0 Å². The number of likely N-dealkylation sites (tertiary alicyclic amines) is 1. The SMILES string of the molecule is COC(CN)C(=O)N1CCCC(N(C)C)C1.Cl.Cl. The van der Waals surface area contributed by atoms with Gasteiger partial charge in [-0.1, -0.05) is 0 Å². The summed E-state index contributed by atoms with van der Waals surface area (Å²) in [5.41, 5.74) is 5.50. The number of likely N-dealkylation sites (N-methyl/N-ethyl adjacent to an activating group) is 1. The zero-order valence-corrected chi connectivity index (χ0v) is 12.9. The Kier molecular flexibility index (Phi) is 11.0. The van der Waals surface area contributed by atoms with Crippen LogP contribution in [0.4, 0.5) is 0 Å². The highest BCUT2D eigenvalue weighted by Crippen LogP contribution is 2.14. The maximum Gasteiger partial charge on any atom is 0.253 e. The van der Waals surface area contributed by atoms with Crippen molar-refractivity contribution in [3.8, 4) is 0 Å². The molecule has 0 bridgehead atoms. The van der Waals surface area contributed by atoms with Crippen molar-refractivity contribution in [2.45, 2.75) is 25.0 Å². The highest BCUT2D eigenvalue weighted by atomic mass is 35.5. The maximum absolute atomic E-state index is 12.0. The van der Waals surface area contributed by atoms with E-state index >= 15 is 0 Å². The molecule has 1 aliphatic heterocycles. The fourth-order valence-electron chi connectivity index (χ4n) is 2.08. The molecule has 1 rings (SSSR count). The Morgan fingerprint density at radius 2 is 2.11 bits per heavy atom. The molecule has 0 aromatic heterocycles. The van der Waals surface area contributed by atoms with Crippen molar-refractivity contribution in [1.82, 2.24) is 9.80 Å². The number of carbonyl (C=O) groups excluding carboxylic acids is 1. The number of rotatable bonds is 4. The molecule has 0 saturated carbocycles. The second kappa shape index (κ2) is 9.81. The predicted molar refractivity (Wildman–Crippen MR) is 77.6 cm³/mol. The van der Waals surface area contributed by atoms with Crippen molar-refractivity contribution in [2.75, 3.05) is 40.8 Å². The zero-order valence-electron chi connectivity index (χ0n) is 11.3. The number of methoxy groups -OCH3 is 1. The number of nitrogens with two attached hydrogens (primary N) is 1. The van der Waals surface area contributed by atoms with Gasteiger partial charge < -0.3 is 20.3 Å². The minimum absolute atomic E-state index is 0. The van der Waals surface area contributed by atoms with Gasteiger partial charge in [-0.05, 0) is 26.9 Å². The van der Waals surface area contributed by atoms with Gasteiger partial charge in [-0.3, -0.25) is 4.79 Å². The van der Waals surface area contributed by atoms with Crippen LogP contribution in [0.1, 0.15) is 12.8 Å². The van der Waals surface area contributed by atoms with Crippen molar-refractivity contribution >= 4 is 30.7 Å². The molecule has 0 spiro atoms. The van der Waals surface area contributed by atoms with E-state index in [1.165, 1.54) is 7.11 Å². The van der Waals surface area contributed by atoms with Crippen LogP contribution in [-0.4, -0.2) is 68.7 Å². The number of nitrogens with zero attached hydrogens (tertiary/aromatic N) is 2. The fraction of sp³-hybridized carbons (Fsp3) is 0.909. The van der Waals surface area contributed by atoms with Crippen LogP contribution in [0.2, 0.25) is 0 Å². The summed E-state index contributed by atoms with van der Waals surface area (Å²) in [6.07, 6.45) is 1.72. The van der Waals surface area contributed by atoms with Crippen LogP contribution in [0.15, 0.2) is 0 Å². The topological polar surface area (TPSA) is 58.8 Å². The van der Waals surface area contributed by atoms with Gasteiger partial charge in [0.15, 0.2) is 0 Å². The van der Waals surface area contributed by atoms with E-state index in [1.807, 2.05) is 4.90 Å². The molecule has 1 saturated heterocycles. The van der Waals surface area contributed by atoms with Crippen LogP contribution in [0.3, 0.4) is 0 Å². The first-order valence-electron chi connectivity index (χ1n) is 5.78. The van der Waals surface area contributed by atoms with E-state index in [9.17, 15) is 4.79 Å². The normalized spacial score (nSPS) is 20.9. The predicted octanol–water partition coefficient (Wildman–Crippen LogP) is 0.356. The Bertz CT molecular complexity index is 238. The molecule has 18 heavy (non-hydrogen) atoms. The molecule has 5 nitrogen and oxygen atoms in total. The monoisotopic (exact) mass is 301 g/mol. The van der Waals surface area contributed by atoms with Crippen LogP contribution >= 0.6 is 24.8 Å². The average molecular weight is 302 g/mol. The highest BCUT2D eigenvalue weighted by molar-refractivity contribution is 5.85. The number of carbonyl (C=O) groups is 1. The quantitative estimate of drug-likeness (QED) is 0.814. The Balaban J connectivity index is 0. The first kappa shape index (κ1) is 20.3. The van der Waals surface area contributed by atoms with Crippen molar-refractivity contribution in [3.63, 3.8) is 0 Å². The highest BCUT2D eigenvalue weighted by Gasteiger charge is 2.28. The largest absolute Gasteiger partial charge is 0.370 e. The first-order valence-corrected chi connectivity index (χ1v) is 5.78. The van der Waals surface area contributed by atoms with Gasteiger partial charge >= 0.3 is 0 Å². The van der Waals surface area contributed by atoms with Gasteiger partial charge in [-0.15, -0.1) is 24.8 Å². The second-order valence-corrected chi connectivity index (χ2v) is 4.50. The zero-order chi connectivity index (χ0) is 12.1. The lowest BCUT2D eigenvalue weighted by Crippen LogP contribution is -2.52.